The summed E-state index contributed by atoms with van der Waals surface area (Å²) in [5.74, 6) is -0.111. The van der Waals surface area contributed by atoms with Crippen LogP contribution in [0.2, 0.25) is 0 Å². The van der Waals surface area contributed by atoms with Gasteiger partial charge in [-0.1, -0.05) is 23.8 Å². The van der Waals surface area contributed by atoms with Crippen LogP contribution in [0.3, 0.4) is 0 Å². The van der Waals surface area contributed by atoms with Crippen LogP contribution < -0.4 is 16.1 Å². The molecule has 1 aliphatic rings. The van der Waals surface area contributed by atoms with Crippen molar-refractivity contribution in [1.29, 1.82) is 0 Å². The van der Waals surface area contributed by atoms with Crippen LogP contribution in [0.1, 0.15) is 23.1 Å². The lowest BCUT2D eigenvalue weighted by Gasteiger charge is -2.26. The average Bonchev–Trinajstić information content (AvgIpc) is 2.85. The van der Waals surface area contributed by atoms with Gasteiger partial charge in [0.05, 0.1) is 13.2 Å². The van der Waals surface area contributed by atoms with Gasteiger partial charge < -0.3 is 24.7 Å². The Hall–Kier alpha value is -3.20. The molecule has 1 aromatic heterocycles. The van der Waals surface area contributed by atoms with E-state index in [-0.39, 0.29) is 18.4 Å². The number of fused-ring (bicyclic) bond motifs is 1. The van der Waals surface area contributed by atoms with Gasteiger partial charge in [-0.3, -0.25) is 9.69 Å². The van der Waals surface area contributed by atoms with E-state index in [9.17, 15) is 14.7 Å². The summed E-state index contributed by atoms with van der Waals surface area (Å²) in [5.41, 5.74) is 5.70. The van der Waals surface area contributed by atoms with Crippen LogP contribution in [0.5, 0.6) is 5.75 Å². The minimum Gasteiger partial charge on any atom is -0.492 e. The maximum Gasteiger partial charge on any atom is 0.339 e. The van der Waals surface area contributed by atoms with Gasteiger partial charge in [0, 0.05) is 37.0 Å². The van der Waals surface area contributed by atoms with Crippen LogP contribution in [0, 0.1) is 6.92 Å². The number of benzene rings is 2. The number of carbonyl (C=O) groups is 1. The Kier molecular flexibility index (Phi) is 7.85. The fourth-order valence-electron chi connectivity index (χ4n) is 4.24. The van der Waals surface area contributed by atoms with E-state index in [4.69, 9.17) is 19.6 Å². The predicted molar refractivity (Wildman–Crippen MR) is 133 cm³/mol. The van der Waals surface area contributed by atoms with Crippen molar-refractivity contribution in [3.05, 3.63) is 75.6 Å². The maximum atomic E-state index is 12.5. The highest BCUT2D eigenvalue weighted by molar-refractivity contribution is 5.84. The van der Waals surface area contributed by atoms with E-state index in [0.717, 1.165) is 55.1 Å². The van der Waals surface area contributed by atoms with Crippen LogP contribution in [-0.4, -0.2) is 61.0 Å². The second-order valence-corrected chi connectivity index (χ2v) is 9.12. The van der Waals surface area contributed by atoms with E-state index in [1.807, 2.05) is 43.3 Å². The standard InChI is InChI=1S/C27H32N2O6/c1-19-2-7-24-21(16-19)17-22(25(30)35-24)18-27(32,26(28)31)9-8-20-3-5-23(6-4-20)34-15-12-29-10-13-33-14-11-29/h2-7,16-17,32H,8-15,18H2,1H3,(H2,28,31). The van der Waals surface area contributed by atoms with E-state index in [1.54, 1.807) is 12.1 Å². The highest BCUT2D eigenvalue weighted by Crippen LogP contribution is 2.23. The molecule has 1 aliphatic heterocycles. The van der Waals surface area contributed by atoms with E-state index < -0.39 is 17.1 Å². The number of nitrogens with two attached hydrogens (primary N) is 1. The molecule has 2 heterocycles. The molecule has 1 fully saturated rings. The number of hydrogen-bond donors (Lipinski definition) is 2. The van der Waals surface area contributed by atoms with Gasteiger partial charge in [-0.25, -0.2) is 4.79 Å². The van der Waals surface area contributed by atoms with Crippen molar-refractivity contribution in [2.75, 3.05) is 39.5 Å². The Bertz CT molecular complexity index is 1220. The zero-order valence-electron chi connectivity index (χ0n) is 20.0. The van der Waals surface area contributed by atoms with Crippen LogP contribution in [0.25, 0.3) is 11.0 Å². The number of ether oxygens (including phenoxy) is 2. The van der Waals surface area contributed by atoms with Crippen molar-refractivity contribution < 1.29 is 23.8 Å². The third-order valence-electron chi connectivity index (χ3n) is 6.43. The van der Waals surface area contributed by atoms with Gasteiger partial charge in [0.15, 0.2) is 0 Å². The Balaban J connectivity index is 1.36. The Labute approximate surface area is 204 Å². The second kappa shape index (κ2) is 11.0. The molecule has 4 rings (SSSR count). The summed E-state index contributed by atoms with van der Waals surface area (Å²) in [6, 6.07) is 14.7. The molecule has 0 saturated carbocycles. The zero-order valence-corrected chi connectivity index (χ0v) is 20.0. The Morgan fingerprint density at radius 3 is 2.60 bits per heavy atom. The number of aliphatic hydroxyl groups is 1. The van der Waals surface area contributed by atoms with E-state index in [1.165, 1.54) is 0 Å². The molecular weight excluding hydrogens is 448 g/mol. The highest BCUT2D eigenvalue weighted by Gasteiger charge is 2.35. The topological polar surface area (TPSA) is 115 Å². The van der Waals surface area contributed by atoms with Gasteiger partial charge in [0.25, 0.3) is 0 Å². The number of morpholine rings is 1. The molecule has 1 saturated heterocycles. The summed E-state index contributed by atoms with van der Waals surface area (Å²) >= 11 is 0. The van der Waals surface area contributed by atoms with Crippen molar-refractivity contribution in [3.8, 4) is 5.75 Å². The quantitative estimate of drug-likeness (QED) is 0.428. The number of carbonyl (C=O) groups excluding carboxylic acids is 1. The normalized spacial score (nSPS) is 16.2. The lowest BCUT2D eigenvalue weighted by Crippen LogP contribution is -2.47. The SMILES string of the molecule is Cc1ccc2oc(=O)c(CC(O)(CCc3ccc(OCCN4CCOCC4)cc3)C(N)=O)cc2c1. The van der Waals surface area contributed by atoms with Gasteiger partial charge in [-0.15, -0.1) is 0 Å². The molecule has 0 spiro atoms. The molecule has 0 aliphatic carbocycles. The lowest BCUT2D eigenvalue weighted by atomic mass is 9.88. The highest BCUT2D eigenvalue weighted by atomic mass is 16.5. The summed E-state index contributed by atoms with van der Waals surface area (Å²) in [5, 5.41) is 11.8. The summed E-state index contributed by atoms with van der Waals surface area (Å²) < 4.78 is 16.6. The predicted octanol–water partition coefficient (Wildman–Crippen LogP) is 2.20. The first-order valence-corrected chi connectivity index (χ1v) is 11.9. The van der Waals surface area contributed by atoms with Crippen LogP contribution in [0.4, 0.5) is 0 Å². The van der Waals surface area contributed by atoms with Gasteiger partial charge in [0.1, 0.15) is 23.5 Å². The fraction of sp³-hybridized carbons (Fsp3) is 0.407. The van der Waals surface area contributed by atoms with Crippen molar-refractivity contribution in [1.82, 2.24) is 4.90 Å². The molecule has 186 valence electrons. The molecule has 0 bridgehead atoms. The number of amides is 1. The largest absolute Gasteiger partial charge is 0.492 e. The maximum absolute atomic E-state index is 12.5. The number of primary amides is 1. The monoisotopic (exact) mass is 480 g/mol. The summed E-state index contributed by atoms with van der Waals surface area (Å²) in [6.45, 7) is 6.74. The van der Waals surface area contributed by atoms with E-state index >= 15 is 0 Å². The van der Waals surface area contributed by atoms with Gasteiger partial charge in [-0.2, -0.15) is 0 Å². The summed E-state index contributed by atoms with van der Waals surface area (Å²) in [7, 11) is 0. The molecule has 8 heteroatoms. The molecule has 3 aromatic rings. The minimum atomic E-state index is -1.88. The zero-order chi connectivity index (χ0) is 24.8. The number of nitrogens with zero attached hydrogens (tertiary/aromatic N) is 1. The summed E-state index contributed by atoms with van der Waals surface area (Å²) in [4.78, 5) is 27.0. The van der Waals surface area contributed by atoms with Crippen molar-refractivity contribution in [2.24, 2.45) is 5.73 Å². The van der Waals surface area contributed by atoms with Crippen molar-refractivity contribution in [2.45, 2.75) is 31.8 Å². The third kappa shape index (κ3) is 6.48. The first-order chi connectivity index (χ1) is 16.8. The van der Waals surface area contributed by atoms with Gasteiger partial charge in [0.2, 0.25) is 5.91 Å². The molecule has 3 N–H and O–H groups in total. The second-order valence-electron chi connectivity index (χ2n) is 9.12. The minimum absolute atomic E-state index is 0.0743. The molecule has 1 atom stereocenters. The molecule has 8 nitrogen and oxygen atoms in total. The molecule has 1 amide bonds. The fourth-order valence-corrected chi connectivity index (χ4v) is 4.24. The van der Waals surface area contributed by atoms with E-state index in [2.05, 4.69) is 4.90 Å². The molecule has 1 unspecified atom stereocenters. The van der Waals surface area contributed by atoms with Crippen molar-refractivity contribution >= 4 is 16.9 Å². The van der Waals surface area contributed by atoms with Crippen molar-refractivity contribution in [3.63, 3.8) is 0 Å². The number of aryl methyl sites for hydroxylation is 2. The average molecular weight is 481 g/mol. The molecule has 35 heavy (non-hydrogen) atoms. The third-order valence-corrected chi connectivity index (χ3v) is 6.43. The van der Waals surface area contributed by atoms with Crippen LogP contribution in [0.15, 0.2) is 57.7 Å². The Morgan fingerprint density at radius 1 is 1.14 bits per heavy atom. The smallest absolute Gasteiger partial charge is 0.339 e. The Morgan fingerprint density at radius 2 is 1.89 bits per heavy atom. The van der Waals surface area contributed by atoms with Crippen LogP contribution in [-0.2, 0) is 22.4 Å². The first kappa shape index (κ1) is 24.9. The van der Waals surface area contributed by atoms with E-state index in [0.29, 0.717) is 18.6 Å². The van der Waals surface area contributed by atoms with Gasteiger partial charge in [-0.05, 0) is 55.7 Å². The summed E-state index contributed by atoms with van der Waals surface area (Å²) in [6.07, 6.45) is 0.271. The van der Waals surface area contributed by atoms with Gasteiger partial charge >= 0.3 is 5.63 Å². The first-order valence-electron chi connectivity index (χ1n) is 11.9. The molecular formula is C27H32N2O6. The molecule has 2 aromatic carbocycles. The molecule has 0 radical (unpaired) electrons. The lowest BCUT2D eigenvalue weighted by molar-refractivity contribution is -0.136. The number of rotatable bonds is 10. The van der Waals surface area contributed by atoms with Crippen LogP contribution >= 0.6 is 0 Å². The number of hydrogen-bond acceptors (Lipinski definition) is 7.